The molecule has 0 fully saturated rings. The number of furan rings is 1. The molecule has 0 bridgehead atoms. The van der Waals surface area contributed by atoms with E-state index in [0.29, 0.717) is 23.5 Å². The van der Waals surface area contributed by atoms with E-state index in [4.69, 9.17) is 16.0 Å². The Kier molecular flexibility index (Phi) is 8.64. The molecule has 276 valence electrons. The highest BCUT2D eigenvalue weighted by atomic mass is 16.3. The first kappa shape index (κ1) is 35.4. The molecule has 2 atom stereocenters. The number of nitrogens with zero attached hydrogens (tertiary/aromatic N) is 3. The van der Waals surface area contributed by atoms with Crippen LogP contribution in [-0.2, 0) is 6.42 Å². The highest BCUT2D eigenvalue weighted by Crippen LogP contribution is 2.46. The Hall–Kier alpha value is -5.35. The minimum atomic E-state index is 0.277. The molecule has 0 saturated carbocycles. The number of benzene rings is 3. The Morgan fingerprint density at radius 2 is 1.45 bits per heavy atom. The van der Waals surface area contributed by atoms with Gasteiger partial charge in [0, 0.05) is 58.0 Å². The Morgan fingerprint density at radius 3 is 2.20 bits per heavy atom. The SMILES string of the molecule is C=C1CC2c3ccccc3-c3ccc(C)c[n+]3C2CCc2ccc3c(oc4nc(-c5c(C(C)C)cccc5C(C)C)ccc43)c2-c2cc(C(C)C)c(C)c[n+]21. The summed E-state index contributed by atoms with van der Waals surface area (Å²) in [5, 5.41) is 2.16. The molecule has 0 N–H and O–H groups in total. The third-order valence-corrected chi connectivity index (χ3v) is 12.5. The van der Waals surface area contributed by atoms with E-state index in [9.17, 15) is 0 Å². The van der Waals surface area contributed by atoms with Crippen LogP contribution >= 0.6 is 0 Å². The van der Waals surface area contributed by atoms with Gasteiger partial charge in [-0.3, -0.25) is 0 Å². The number of aryl methyl sites for hydroxylation is 3. The lowest BCUT2D eigenvalue weighted by Gasteiger charge is -2.31. The second-order valence-corrected chi connectivity index (χ2v) is 17.1. The van der Waals surface area contributed by atoms with Gasteiger partial charge in [-0.15, -0.1) is 0 Å². The van der Waals surface area contributed by atoms with Crippen molar-refractivity contribution < 1.29 is 13.6 Å². The third kappa shape index (κ3) is 5.75. The first-order valence-corrected chi connectivity index (χ1v) is 20.3. The van der Waals surface area contributed by atoms with Crippen LogP contribution in [0.3, 0.4) is 0 Å². The Bertz CT molecular complexity index is 2650. The lowest BCUT2D eigenvalue weighted by molar-refractivity contribution is -0.719. The Morgan fingerprint density at radius 1 is 0.727 bits per heavy atom. The number of fused-ring (bicyclic) bond motifs is 13. The molecule has 0 radical (unpaired) electrons. The number of pyridine rings is 3. The first-order valence-electron chi connectivity index (χ1n) is 20.3. The molecule has 0 spiro atoms. The van der Waals surface area contributed by atoms with Crippen LogP contribution in [-0.4, -0.2) is 4.98 Å². The smallest absolute Gasteiger partial charge is 0.227 e. The van der Waals surface area contributed by atoms with Gasteiger partial charge in [0.25, 0.3) is 0 Å². The highest BCUT2D eigenvalue weighted by Gasteiger charge is 2.42. The van der Waals surface area contributed by atoms with E-state index in [1.165, 1.54) is 55.8 Å². The molecular weight excluding hydrogens is 671 g/mol. The normalized spacial score (nSPS) is 16.7. The second kappa shape index (κ2) is 13.4. The third-order valence-electron chi connectivity index (χ3n) is 12.5. The maximum absolute atomic E-state index is 7.07. The van der Waals surface area contributed by atoms with E-state index in [-0.39, 0.29) is 12.0 Å². The summed E-state index contributed by atoms with van der Waals surface area (Å²) in [6, 6.07) is 32.1. The summed E-state index contributed by atoms with van der Waals surface area (Å²) in [7, 11) is 0. The van der Waals surface area contributed by atoms with Crippen LogP contribution < -0.4 is 9.13 Å². The molecular formula is C51H53N3O+2. The van der Waals surface area contributed by atoms with Crippen molar-refractivity contribution in [3.8, 4) is 33.8 Å². The van der Waals surface area contributed by atoms with Crippen LogP contribution in [0.2, 0.25) is 0 Å². The van der Waals surface area contributed by atoms with E-state index >= 15 is 0 Å². The lowest BCUT2D eigenvalue weighted by atomic mass is 9.77. The fourth-order valence-electron chi connectivity index (χ4n) is 9.81. The molecule has 7 aromatic rings. The minimum absolute atomic E-state index is 0.277. The predicted octanol–water partition coefficient (Wildman–Crippen LogP) is 12.7. The van der Waals surface area contributed by atoms with Crippen LogP contribution in [0, 0.1) is 13.8 Å². The minimum Gasteiger partial charge on any atom is -0.437 e. The number of hydrogen-bond acceptors (Lipinski definition) is 2. The number of rotatable bonds is 4. The van der Waals surface area contributed by atoms with Crippen molar-refractivity contribution in [2.75, 3.05) is 0 Å². The quantitative estimate of drug-likeness (QED) is 0.169. The number of aromatic nitrogens is 3. The average Bonchev–Trinajstić information content (AvgIpc) is 3.54. The molecule has 3 aromatic carbocycles. The van der Waals surface area contributed by atoms with Crippen molar-refractivity contribution in [2.24, 2.45) is 0 Å². The standard InChI is InChI=1S/C51H53N3O/c1-29(2)36-15-12-16-37(30(3)4)49(36)44-22-21-41-40-20-18-35-19-24-46-43(38-13-10-11-14-39(38)45-23-17-32(7)27-54(45)46)25-34(9)53-28-33(8)42(31(5)6)26-47(53)48(35)50(40)55-51(41)52-44/h10-18,20-23,26-31,43,46H,9,19,24-25H2,1-8H3/q+2. The zero-order valence-electron chi connectivity index (χ0n) is 33.7. The van der Waals surface area contributed by atoms with Gasteiger partial charge in [-0.05, 0) is 96.7 Å². The van der Waals surface area contributed by atoms with Gasteiger partial charge in [0.2, 0.25) is 17.1 Å². The van der Waals surface area contributed by atoms with Crippen molar-refractivity contribution in [1.82, 2.24) is 4.98 Å². The lowest BCUT2D eigenvalue weighted by Crippen LogP contribution is -2.49. The topological polar surface area (TPSA) is 33.8 Å². The average molecular weight is 724 g/mol. The van der Waals surface area contributed by atoms with E-state index in [0.717, 1.165) is 58.3 Å². The summed E-state index contributed by atoms with van der Waals surface area (Å²) in [5.74, 6) is 1.42. The van der Waals surface area contributed by atoms with Crippen molar-refractivity contribution in [2.45, 2.75) is 104 Å². The van der Waals surface area contributed by atoms with Crippen LogP contribution in [0.5, 0.6) is 0 Å². The van der Waals surface area contributed by atoms with Crippen molar-refractivity contribution in [3.05, 3.63) is 143 Å². The van der Waals surface area contributed by atoms with Crippen molar-refractivity contribution in [1.29, 1.82) is 0 Å². The molecule has 55 heavy (non-hydrogen) atoms. The van der Waals surface area contributed by atoms with Crippen molar-refractivity contribution >= 4 is 27.8 Å². The molecule has 0 aliphatic carbocycles. The Balaban J connectivity index is 1.28. The molecule has 4 aromatic heterocycles. The summed E-state index contributed by atoms with van der Waals surface area (Å²) in [4.78, 5) is 5.34. The van der Waals surface area contributed by atoms with Crippen molar-refractivity contribution in [3.63, 3.8) is 0 Å². The maximum atomic E-state index is 7.07. The summed E-state index contributed by atoms with van der Waals surface area (Å²) >= 11 is 0. The Labute approximate surface area is 326 Å². The number of hydrogen-bond donors (Lipinski definition) is 0. The summed E-state index contributed by atoms with van der Waals surface area (Å²) < 4.78 is 12.0. The second-order valence-electron chi connectivity index (χ2n) is 17.1. The predicted molar refractivity (Wildman–Crippen MR) is 226 cm³/mol. The maximum Gasteiger partial charge on any atom is 0.227 e. The van der Waals surface area contributed by atoms with E-state index in [1.807, 2.05) is 0 Å². The summed E-state index contributed by atoms with van der Waals surface area (Å²) in [6.45, 7) is 23.0. The zero-order chi connectivity index (χ0) is 38.3. The van der Waals surface area contributed by atoms with Gasteiger partial charge in [0.05, 0.1) is 17.2 Å². The molecule has 2 aliphatic heterocycles. The van der Waals surface area contributed by atoms with Crippen LogP contribution in [0.1, 0.15) is 123 Å². The van der Waals surface area contributed by atoms with Gasteiger partial charge in [-0.25, -0.2) is 4.98 Å². The van der Waals surface area contributed by atoms with Gasteiger partial charge in [-0.2, -0.15) is 9.13 Å². The van der Waals surface area contributed by atoms with Gasteiger partial charge in [0.15, 0.2) is 29.7 Å². The number of allylic oxidation sites excluding steroid dienone is 1. The van der Waals surface area contributed by atoms with Crippen LogP contribution in [0.15, 0.2) is 108 Å². The largest absolute Gasteiger partial charge is 0.437 e. The summed E-state index contributed by atoms with van der Waals surface area (Å²) in [5.41, 5.74) is 19.1. The fourth-order valence-corrected chi connectivity index (χ4v) is 9.81. The molecule has 4 nitrogen and oxygen atoms in total. The first-order chi connectivity index (χ1) is 26.5. The monoisotopic (exact) mass is 723 g/mol. The van der Waals surface area contributed by atoms with E-state index in [1.54, 1.807) is 0 Å². The molecule has 2 unspecified atom stereocenters. The molecule has 6 heterocycles. The molecule has 2 aliphatic rings. The highest BCUT2D eigenvalue weighted by molar-refractivity contribution is 6.09. The molecule has 9 rings (SSSR count). The summed E-state index contributed by atoms with van der Waals surface area (Å²) in [6.07, 6.45) is 7.47. The van der Waals surface area contributed by atoms with Gasteiger partial charge in [-0.1, -0.05) is 90.1 Å². The van der Waals surface area contributed by atoms with Gasteiger partial charge < -0.3 is 4.42 Å². The van der Waals surface area contributed by atoms with Crippen LogP contribution in [0.4, 0.5) is 0 Å². The van der Waals surface area contributed by atoms with Gasteiger partial charge >= 0.3 is 0 Å². The van der Waals surface area contributed by atoms with Gasteiger partial charge in [0.1, 0.15) is 0 Å². The molecule has 0 saturated heterocycles. The molecule has 4 heteroatoms. The fraction of sp³-hybridized carbons (Fsp3) is 0.314. The van der Waals surface area contributed by atoms with Crippen LogP contribution in [0.25, 0.3) is 61.5 Å². The zero-order valence-corrected chi connectivity index (χ0v) is 33.7. The molecule has 0 amide bonds. The van der Waals surface area contributed by atoms with E-state index in [2.05, 4.69) is 162 Å². The van der Waals surface area contributed by atoms with E-state index < -0.39 is 0 Å².